The first-order valence-electron chi connectivity index (χ1n) is 6.83. The van der Waals surface area contributed by atoms with Gasteiger partial charge in [-0.05, 0) is 20.3 Å². The van der Waals surface area contributed by atoms with Gasteiger partial charge in [0.25, 0.3) is 5.91 Å². The lowest BCUT2D eigenvalue weighted by Crippen LogP contribution is -2.64. The summed E-state index contributed by atoms with van der Waals surface area (Å²) in [5.74, 6) is -0.716. The van der Waals surface area contributed by atoms with Crippen LogP contribution in [0.5, 0.6) is 0 Å². The fourth-order valence-corrected chi connectivity index (χ4v) is 2.66. The molecule has 0 aromatic rings. The molecule has 7 heteroatoms. The number of imide groups is 1. The highest BCUT2D eigenvalue weighted by Gasteiger charge is 2.47. The van der Waals surface area contributed by atoms with Crippen molar-refractivity contribution in [1.29, 1.82) is 0 Å². The summed E-state index contributed by atoms with van der Waals surface area (Å²) in [7, 11) is 0. The highest BCUT2D eigenvalue weighted by atomic mass is 16.3. The first-order chi connectivity index (χ1) is 9.18. The van der Waals surface area contributed by atoms with Gasteiger partial charge in [-0.25, -0.2) is 4.79 Å². The van der Waals surface area contributed by atoms with Crippen molar-refractivity contribution in [1.82, 2.24) is 15.1 Å². The minimum atomic E-state index is -0.963. The molecule has 0 spiro atoms. The van der Waals surface area contributed by atoms with Crippen LogP contribution in [0.3, 0.4) is 0 Å². The molecule has 0 radical (unpaired) electrons. The van der Waals surface area contributed by atoms with E-state index in [4.69, 9.17) is 0 Å². The van der Waals surface area contributed by atoms with Gasteiger partial charge < -0.3 is 15.3 Å². The van der Waals surface area contributed by atoms with Crippen molar-refractivity contribution in [2.24, 2.45) is 0 Å². The number of carbonyl (C=O) groups is 3. The van der Waals surface area contributed by atoms with Gasteiger partial charge in [-0.3, -0.25) is 14.5 Å². The molecule has 2 N–H and O–H groups in total. The average molecular weight is 283 g/mol. The number of rotatable bonds is 4. The fraction of sp³-hybridized carbons (Fsp3) is 0.769. The van der Waals surface area contributed by atoms with E-state index in [0.29, 0.717) is 6.42 Å². The van der Waals surface area contributed by atoms with Gasteiger partial charge in [-0.1, -0.05) is 13.3 Å². The maximum atomic E-state index is 12.0. The molecule has 0 atom stereocenters. The number of carbonyl (C=O) groups excluding carboxylic acids is 3. The molecule has 4 amide bonds. The molecule has 2 heterocycles. The maximum absolute atomic E-state index is 12.0. The largest absolute Gasteiger partial charge is 0.386 e. The lowest BCUT2D eigenvalue weighted by molar-refractivity contribution is -0.158. The maximum Gasteiger partial charge on any atom is 0.325 e. The van der Waals surface area contributed by atoms with Crippen molar-refractivity contribution >= 4 is 17.8 Å². The third-order valence-electron chi connectivity index (χ3n) is 3.78. The van der Waals surface area contributed by atoms with Crippen LogP contribution in [0.2, 0.25) is 0 Å². The lowest BCUT2D eigenvalue weighted by Gasteiger charge is -2.46. The summed E-state index contributed by atoms with van der Waals surface area (Å²) in [5, 5.41) is 12.6. The summed E-state index contributed by atoms with van der Waals surface area (Å²) >= 11 is 0. The molecule has 0 aliphatic carbocycles. The van der Waals surface area contributed by atoms with Crippen LogP contribution in [-0.2, 0) is 9.59 Å². The number of aliphatic hydroxyl groups is 1. The molecule has 2 aliphatic rings. The summed E-state index contributed by atoms with van der Waals surface area (Å²) in [6, 6.07) is -0.544. The highest BCUT2D eigenvalue weighted by molar-refractivity contribution is 6.08. The fourth-order valence-electron chi connectivity index (χ4n) is 2.66. The molecule has 2 aliphatic heterocycles. The van der Waals surface area contributed by atoms with E-state index < -0.39 is 23.1 Å². The van der Waals surface area contributed by atoms with Gasteiger partial charge in [0.1, 0.15) is 12.1 Å². The smallest absolute Gasteiger partial charge is 0.325 e. The van der Waals surface area contributed by atoms with Gasteiger partial charge in [0.05, 0.1) is 18.7 Å². The van der Waals surface area contributed by atoms with Gasteiger partial charge in [0, 0.05) is 0 Å². The molecular formula is C13H21N3O4. The third kappa shape index (κ3) is 2.49. The van der Waals surface area contributed by atoms with E-state index in [1.54, 1.807) is 13.8 Å². The molecule has 2 rings (SSSR count). The monoisotopic (exact) mass is 283 g/mol. The molecule has 0 saturated carbocycles. The van der Waals surface area contributed by atoms with Crippen molar-refractivity contribution < 1.29 is 19.5 Å². The van der Waals surface area contributed by atoms with Gasteiger partial charge >= 0.3 is 6.03 Å². The van der Waals surface area contributed by atoms with Crippen LogP contribution < -0.4 is 5.32 Å². The molecule has 0 aromatic heterocycles. The van der Waals surface area contributed by atoms with Gasteiger partial charge in [-0.15, -0.1) is 0 Å². The zero-order valence-corrected chi connectivity index (χ0v) is 12.1. The Morgan fingerprint density at radius 3 is 2.40 bits per heavy atom. The molecule has 2 saturated heterocycles. The van der Waals surface area contributed by atoms with Gasteiger partial charge in [0.15, 0.2) is 0 Å². The zero-order valence-electron chi connectivity index (χ0n) is 12.1. The SMILES string of the molecule is CCCC1(O)CN(C(=O)CN2C(=O)NC(C)(C)C2=O)C1. The van der Waals surface area contributed by atoms with Gasteiger partial charge in [0.2, 0.25) is 5.91 Å². The predicted molar refractivity (Wildman–Crippen MR) is 70.8 cm³/mol. The van der Waals surface area contributed by atoms with Crippen LogP contribution in [0, 0.1) is 0 Å². The number of hydrogen-bond donors (Lipinski definition) is 2. The van der Waals surface area contributed by atoms with E-state index in [9.17, 15) is 19.5 Å². The Labute approximate surface area is 117 Å². The Morgan fingerprint density at radius 1 is 1.35 bits per heavy atom. The lowest BCUT2D eigenvalue weighted by atomic mass is 9.89. The summed E-state index contributed by atoms with van der Waals surface area (Å²) in [5.41, 5.74) is -1.77. The molecule has 2 fully saturated rings. The van der Waals surface area contributed by atoms with E-state index in [0.717, 1.165) is 11.3 Å². The molecule has 7 nitrogen and oxygen atoms in total. The molecule has 112 valence electrons. The van der Waals surface area contributed by atoms with E-state index >= 15 is 0 Å². The number of urea groups is 1. The quantitative estimate of drug-likeness (QED) is 0.693. The van der Waals surface area contributed by atoms with Gasteiger partial charge in [-0.2, -0.15) is 0 Å². The Morgan fingerprint density at radius 2 is 1.95 bits per heavy atom. The Kier molecular flexibility index (Phi) is 3.49. The number of likely N-dealkylation sites (tertiary alicyclic amines) is 1. The number of β-amino-alcohol motifs (C(OH)–C–C–N with tert-alkyl or cyclic N) is 1. The normalized spacial score (nSPS) is 23.6. The zero-order chi connectivity index (χ0) is 15.1. The van der Waals surface area contributed by atoms with E-state index in [-0.39, 0.29) is 25.5 Å². The van der Waals surface area contributed by atoms with Crippen LogP contribution >= 0.6 is 0 Å². The third-order valence-corrected chi connectivity index (χ3v) is 3.78. The summed E-state index contributed by atoms with van der Waals surface area (Å²) < 4.78 is 0. The second-order valence-electron chi connectivity index (χ2n) is 6.17. The summed E-state index contributed by atoms with van der Waals surface area (Å²) in [6.45, 7) is 5.44. The van der Waals surface area contributed by atoms with E-state index in [2.05, 4.69) is 5.32 Å². The molecule has 20 heavy (non-hydrogen) atoms. The van der Waals surface area contributed by atoms with Crippen LogP contribution in [0.4, 0.5) is 4.79 Å². The second-order valence-corrected chi connectivity index (χ2v) is 6.17. The second kappa shape index (κ2) is 4.73. The predicted octanol–water partition coefficient (Wildman–Crippen LogP) is -0.310. The minimum absolute atomic E-state index is 0.268. The standard InChI is InChI=1S/C13H21N3O4/c1-4-5-13(20)7-15(8-13)9(17)6-16-10(18)12(2,3)14-11(16)19/h20H,4-8H2,1-3H3,(H,14,19). The number of nitrogens with one attached hydrogen (secondary N) is 1. The molecule has 0 aromatic carbocycles. The first-order valence-corrected chi connectivity index (χ1v) is 6.83. The minimum Gasteiger partial charge on any atom is -0.386 e. The van der Waals surface area contributed by atoms with Crippen LogP contribution in [0.15, 0.2) is 0 Å². The Bertz CT molecular complexity index is 455. The average Bonchev–Trinajstić information content (AvgIpc) is 2.48. The Balaban J connectivity index is 1.91. The van der Waals surface area contributed by atoms with E-state index in [1.165, 1.54) is 4.90 Å². The summed E-state index contributed by atoms with van der Waals surface area (Å²) in [4.78, 5) is 38.0. The highest BCUT2D eigenvalue weighted by Crippen LogP contribution is 2.26. The molecule has 0 bridgehead atoms. The van der Waals surface area contributed by atoms with Crippen molar-refractivity contribution in [2.75, 3.05) is 19.6 Å². The topological polar surface area (TPSA) is 89.9 Å². The number of nitrogens with zero attached hydrogens (tertiary/aromatic N) is 2. The molecular weight excluding hydrogens is 262 g/mol. The number of amides is 4. The van der Waals surface area contributed by atoms with Crippen molar-refractivity contribution in [2.45, 2.75) is 44.8 Å². The van der Waals surface area contributed by atoms with Crippen LogP contribution in [0.1, 0.15) is 33.6 Å². The molecule has 0 unspecified atom stereocenters. The van der Waals surface area contributed by atoms with Crippen molar-refractivity contribution in [3.8, 4) is 0 Å². The van der Waals surface area contributed by atoms with Crippen molar-refractivity contribution in [3.05, 3.63) is 0 Å². The van der Waals surface area contributed by atoms with Crippen molar-refractivity contribution in [3.63, 3.8) is 0 Å². The van der Waals surface area contributed by atoms with Crippen LogP contribution in [0.25, 0.3) is 0 Å². The summed E-state index contributed by atoms with van der Waals surface area (Å²) in [6.07, 6.45) is 1.49. The van der Waals surface area contributed by atoms with E-state index in [1.807, 2.05) is 6.92 Å². The first kappa shape index (κ1) is 14.8. The number of hydrogen-bond acceptors (Lipinski definition) is 4. The Hall–Kier alpha value is -1.63. The van der Waals surface area contributed by atoms with Crippen LogP contribution in [-0.4, -0.2) is 63.5 Å².